The second-order valence-electron chi connectivity index (χ2n) is 4.60. The van der Waals surface area contributed by atoms with Crippen molar-refractivity contribution in [3.05, 3.63) is 42.0 Å². The molecule has 5 nitrogen and oxygen atoms in total. The second kappa shape index (κ2) is 4.85. The van der Waals surface area contributed by atoms with Crippen molar-refractivity contribution in [2.45, 2.75) is 13.3 Å². The van der Waals surface area contributed by atoms with Gasteiger partial charge in [0.15, 0.2) is 12.1 Å². The van der Waals surface area contributed by atoms with Crippen molar-refractivity contribution in [3.63, 3.8) is 0 Å². The van der Waals surface area contributed by atoms with Gasteiger partial charge in [0, 0.05) is 36.8 Å². The van der Waals surface area contributed by atoms with Gasteiger partial charge in [-0.3, -0.25) is 9.78 Å². The Bertz CT molecular complexity index is 777. The summed E-state index contributed by atoms with van der Waals surface area (Å²) in [5.41, 5.74) is 3.17. The maximum atomic E-state index is 11.2. The first-order valence-corrected chi connectivity index (χ1v) is 6.46. The number of nitrogens with zero attached hydrogens (tertiary/aromatic N) is 4. The molecule has 0 aliphatic heterocycles. The van der Waals surface area contributed by atoms with Crippen LogP contribution in [-0.2, 0) is 13.5 Å². The number of aldehydes is 1. The molecule has 3 aromatic heterocycles. The van der Waals surface area contributed by atoms with E-state index in [2.05, 4.69) is 15.0 Å². The topological polar surface area (TPSA) is 60.7 Å². The monoisotopic (exact) mass is 266 g/mol. The Hall–Kier alpha value is -2.56. The maximum Gasteiger partial charge on any atom is 0.163 e. The molecule has 100 valence electrons. The summed E-state index contributed by atoms with van der Waals surface area (Å²) < 4.78 is 1.86. The third kappa shape index (κ3) is 1.87. The first-order valence-electron chi connectivity index (χ1n) is 6.46. The highest BCUT2D eigenvalue weighted by Crippen LogP contribution is 2.24. The number of hydrogen-bond acceptors (Lipinski definition) is 4. The lowest BCUT2D eigenvalue weighted by atomic mass is 10.1. The van der Waals surface area contributed by atoms with Gasteiger partial charge in [-0.25, -0.2) is 9.97 Å². The van der Waals surface area contributed by atoms with Crippen LogP contribution in [0.15, 0.2) is 30.7 Å². The number of carbonyl (C=O) groups excluding carboxylic acids is 1. The van der Waals surface area contributed by atoms with Gasteiger partial charge in [0.05, 0.1) is 11.1 Å². The van der Waals surface area contributed by atoms with E-state index >= 15 is 0 Å². The normalized spacial score (nSPS) is 10.9. The van der Waals surface area contributed by atoms with Crippen LogP contribution in [0.5, 0.6) is 0 Å². The molecular weight excluding hydrogens is 252 g/mol. The van der Waals surface area contributed by atoms with E-state index in [1.807, 2.05) is 30.7 Å². The zero-order valence-electron chi connectivity index (χ0n) is 11.4. The number of fused-ring (bicyclic) bond motifs is 1. The summed E-state index contributed by atoms with van der Waals surface area (Å²) in [6, 6.07) is 3.79. The Morgan fingerprint density at radius 2 is 2.20 bits per heavy atom. The molecule has 3 rings (SSSR count). The molecule has 0 radical (unpaired) electrons. The van der Waals surface area contributed by atoms with E-state index in [4.69, 9.17) is 0 Å². The van der Waals surface area contributed by atoms with Gasteiger partial charge < -0.3 is 4.57 Å². The van der Waals surface area contributed by atoms with Gasteiger partial charge in [-0.15, -0.1) is 0 Å². The summed E-state index contributed by atoms with van der Waals surface area (Å²) in [5.74, 6) is 0.640. The Morgan fingerprint density at radius 3 is 2.85 bits per heavy atom. The second-order valence-corrected chi connectivity index (χ2v) is 4.60. The fourth-order valence-electron chi connectivity index (χ4n) is 2.35. The minimum absolute atomic E-state index is 0.636. The van der Waals surface area contributed by atoms with Crippen LogP contribution in [0.25, 0.3) is 22.4 Å². The van der Waals surface area contributed by atoms with Gasteiger partial charge >= 0.3 is 0 Å². The molecule has 5 heteroatoms. The summed E-state index contributed by atoms with van der Waals surface area (Å²) >= 11 is 0. The summed E-state index contributed by atoms with van der Waals surface area (Å²) in [4.78, 5) is 24.4. The quantitative estimate of drug-likeness (QED) is 0.683. The minimum Gasteiger partial charge on any atom is -0.335 e. The van der Waals surface area contributed by atoms with E-state index in [0.717, 1.165) is 35.0 Å². The minimum atomic E-state index is 0.636. The SMILES string of the molecule is CCc1nc(-c2cccnc2)nc2c1c(C=O)cn2C. The highest BCUT2D eigenvalue weighted by molar-refractivity contribution is 5.98. The molecular formula is C15H14N4O. The highest BCUT2D eigenvalue weighted by atomic mass is 16.1. The lowest BCUT2D eigenvalue weighted by molar-refractivity contribution is 0.112. The van der Waals surface area contributed by atoms with Gasteiger partial charge in [-0.05, 0) is 18.6 Å². The van der Waals surface area contributed by atoms with Crippen LogP contribution in [-0.4, -0.2) is 25.8 Å². The van der Waals surface area contributed by atoms with Crippen molar-refractivity contribution in [2.24, 2.45) is 7.05 Å². The fourth-order valence-corrected chi connectivity index (χ4v) is 2.35. The van der Waals surface area contributed by atoms with Gasteiger partial charge in [0.2, 0.25) is 0 Å². The zero-order chi connectivity index (χ0) is 14.1. The number of carbonyl (C=O) groups is 1. The van der Waals surface area contributed by atoms with Gasteiger partial charge in [0.25, 0.3) is 0 Å². The maximum absolute atomic E-state index is 11.2. The zero-order valence-corrected chi connectivity index (χ0v) is 11.4. The number of aromatic nitrogens is 4. The lowest BCUT2D eigenvalue weighted by Gasteiger charge is -2.05. The van der Waals surface area contributed by atoms with Crippen LogP contribution in [0.2, 0.25) is 0 Å². The molecule has 0 spiro atoms. The van der Waals surface area contributed by atoms with E-state index in [1.165, 1.54) is 0 Å². The predicted octanol–water partition coefficient (Wildman–Crippen LogP) is 2.41. The van der Waals surface area contributed by atoms with E-state index in [1.54, 1.807) is 18.6 Å². The fraction of sp³-hybridized carbons (Fsp3) is 0.200. The lowest BCUT2D eigenvalue weighted by Crippen LogP contribution is -1.99. The van der Waals surface area contributed by atoms with Gasteiger partial charge in [0.1, 0.15) is 5.65 Å². The average molecular weight is 266 g/mol. The van der Waals surface area contributed by atoms with Crippen LogP contribution < -0.4 is 0 Å². The van der Waals surface area contributed by atoms with Crippen LogP contribution >= 0.6 is 0 Å². The molecule has 0 N–H and O–H groups in total. The van der Waals surface area contributed by atoms with Crippen LogP contribution in [0, 0.1) is 0 Å². The van der Waals surface area contributed by atoms with Crippen molar-refractivity contribution in [1.82, 2.24) is 19.5 Å². The first-order chi connectivity index (χ1) is 9.74. The van der Waals surface area contributed by atoms with Crippen molar-refractivity contribution < 1.29 is 4.79 Å². The standard InChI is InChI=1S/C15H14N4O/c1-3-12-13-11(9-20)8-19(2)15(13)18-14(17-12)10-5-4-6-16-7-10/h4-9H,3H2,1-2H3. The summed E-state index contributed by atoms with van der Waals surface area (Å²) in [6.45, 7) is 2.02. The summed E-state index contributed by atoms with van der Waals surface area (Å²) in [5, 5.41) is 0.845. The van der Waals surface area contributed by atoms with Crippen molar-refractivity contribution >= 4 is 17.3 Å². The molecule has 0 saturated carbocycles. The number of rotatable bonds is 3. The largest absolute Gasteiger partial charge is 0.335 e. The van der Waals surface area contributed by atoms with E-state index < -0.39 is 0 Å². The summed E-state index contributed by atoms with van der Waals surface area (Å²) in [6.07, 6.45) is 6.85. The van der Waals surface area contributed by atoms with Gasteiger partial charge in [-0.2, -0.15) is 0 Å². The molecule has 0 amide bonds. The van der Waals surface area contributed by atoms with E-state index in [0.29, 0.717) is 11.4 Å². The van der Waals surface area contributed by atoms with E-state index in [9.17, 15) is 4.79 Å². The average Bonchev–Trinajstić information content (AvgIpc) is 2.84. The molecule has 0 unspecified atom stereocenters. The smallest absolute Gasteiger partial charge is 0.163 e. The summed E-state index contributed by atoms with van der Waals surface area (Å²) in [7, 11) is 1.88. The number of hydrogen-bond donors (Lipinski definition) is 0. The molecule has 0 aliphatic carbocycles. The third-order valence-corrected chi connectivity index (χ3v) is 3.30. The Labute approximate surface area is 116 Å². The highest BCUT2D eigenvalue weighted by Gasteiger charge is 2.15. The molecule has 0 atom stereocenters. The molecule has 0 bridgehead atoms. The molecule has 3 aromatic rings. The molecule has 0 aromatic carbocycles. The molecule has 0 saturated heterocycles. The molecule has 20 heavy (non-hydrogen) atoms. The van der Waals surface area contributed by atoms with Crippen molar-refractivity contribution in [3.8, 4) is 11.4 Å². The van der Waals surface area contributed by atoms with Crippen LogP contribution in [0.3, 0.4) is 0 Å². The third-order valence-electron chi connectivity index (χ3n) is 3.30. The van der Waals surface area contributed by atoms with Gasteiger partial charge in [-0.1, -0.05) is 6.92 Å². The van der Waals surface area contributed by atoms with E-state index in [-0.39, 0.29) is 0 Å². The first kappa shape index (κ1) is 12.5. The number of pyridine rings is 1. The van der Waals surface area contributed by atoms with Crippen molar-refractivity contribution in [1.29, 1.82) is 0 Å². The molecule has 3 heterocycles. The number of aryl methyl sites for hydroxylation is 2. The van der Waals surface area contributed by atoms with Crippen LogP contribution in [0.1, 0.15) is 23.0 Å². The van der Waals surface area contributed by atoms with Crippen LogP contribution in [0.4, 0.5) is 0 Å². The molecule has 0 fully saturated rings. The molecule has 0 aliphatic rings. The Morgan fingerprint density at radius 1 is 1.35 bits per heavy atom. The Kier molecular flexibility index (Phi) is 3.02. The Balaban J connectivity index is 2.33. The predicted molar refractivity (Wildman–Crippen MR) is 76.5 cm³/mol. The van der Waals surface area contributed by atoms with Crippen molar-refractivity contribution in [2.75, 3.05) is 0 Å².